The fourth-order valence-corrected chi connectivity index (χ4v) is 2.64. The predicted molar refractivity (Wildman–Crippen MR) is 106 cm³/mol. The summed E-state index contributed by atoms with van der Waals surface area (Å²) in [6.07, 6.45) is 1.10. The van der Waals surface area contributed by atoms with E-state index in [1.807, 2.05) is 48.5 Å². The van der Waals surface area contributed by atoms with Crippen molar-refractivity contribution < 1.29 is 14.3 Å². The molecule has 0 aliphatic carbocycles. The van der Waals surface area contributed by atoms with E-state index in [1.165, 1.54) is 0 Å². The molecule has 2 aromatic rings. The van der Waals surface area contributed by atoms with Crippen LogP contribution in [0.15, 0.2) is 48.5 Å². The Hall–Kier alpha value is -2.53. The molecule has 1 amide bonds. The lowest BCUT2D eigenvalue weighted by molar-refractivity contribution is 0.102. The lowest BCUT2D eigenvalue weighted by Crippen LogP contribution is -2.23. The van der Waals surface area contributed by atoms with Crippen LogP contribution in [-0.2, 0) is 4.74 Å². The quantitative estimate of drug-likeness (QED) is 0.648. The van der Waals surface area contributed by atoms with Gasteiger partial charge in [0.1, 0.15) is 12.4 Å². The van der Waals surface area contributed by atoms with Crippen LogP contribution in [0.25, 0.3) is 0 Å². The molecule has 140 valence electrons. The standard InChI is InChI=1S/C21H28N2O3/c1-4-14-23(5-2)19-10-6-17(7-11-19)21(24)22-18-8-12-20(13-9-18)26-16-15-25-3/h6-13H,4-5,14-16H2,1-3H3,(H,22,24). The van der Waals surface area contributed by atoms with Crippen molar-refractivity contribution in [2.75, 3.05) is 43.6 Å². The number of nitrogens with zero attached hydrogens (tertiary/aromatic N) is 1. The molecule has 0 saturated carbocycles. The van der Waals surface area contributed by atoms with E-state index in [9.17, 15) is 4.79 Å². The molecule has 5 nitrogen and oxygen atoms in total. The Bertz CT molecular complexity index is 669. The van der Waals surface area contributed by atoms with Gasteiger partial charge in [0.15, 0.2) is 0 Å². The zero-order chi connectivity index (χ0) is 18.8. The van der Waals surface area contributed by atoms with Crippen LogP contribution < -0.4 is 15.0 Å². The maximum Gasteiger partial charge on any atom is 0.255 e. The third-order valence-corrected chi connectivity index (χ3v) is 4.04. The molecule has 0 aliphatic rings. The van der Waals surface area contributed by atoms with Gasteiger partial charge < -0.3 is 19.7 Å². The number of nitrogens with one attached hydrogen (secondary N) is 1. The highest BCUT2D eigenvalue weighted by atomic mass is 16.5. The number of benzene rings is 2. The number of methoxy groups -OCH3 is 1. The molecular formula is C21H28N2O3. The van der Waals surface area contributed by atoms with Crippen molar-refractivity contribution in [1.29, 1.82) is 0 Å². The largest absolute Gasteiger partial charge is 0.491 e. The van der Waals surface area contributed by atoms with Crippen LogP contribution in [0, 0.1) is 0 Å². The number of rotatable bonds is 10. The van der Waals surface area contributed by atoms with Crippen LogP contribution in [0.1, 0.15) is 30.6 Å². The fourth-order valence-electron chi connectivity index (χ4n) is 2.64. The Morgan fingerprint density at radius 3 is 2.27 bits per heavy atom. The Balaban J connectivity index is 1.94. The zero-order valence-corrected chi connectivity index (χ0v) is 15.8. The van der Waals surface area contributed by atoms with E-state index < -0.39 is 0 Å². The topological polar surface area (TPSA) is 50.8 Å². The fraction of sp³-hybridized carbons (Fsp3) is 0.381. The first-order chi connectivity index (χ1) is 12.7. The summed E-state index contributed by atoms with van der Waals surface area (Å²) in [6.45, 7) is 7.32. The summed E-state index contributed by atoms with van der Waals surface area (Å²) in [7, 11) is 1.64. The van der Waals surface area contributed by atoms with Gasteiger partial charge in [0.2, 0.25) is 0 Å². The van der Waals surface area contributed by atoms with Crippen molar-refractivity contribution in [2.45, 2.75) is 20.3 Å². The number of amides is 1. The molecule has 0 saturated heterocycles. The van der Waals surface area contributed by atoms with Crippen LogP contribution in [0.3, 0.4) is 0 Å². The lowest BCUT2D eigenvalue weighted by Gasteiger charge is -2.22. The van der Waals surface area contributed by atoms with E-state index in [2.05, 4.69) is 24.1 Å². The van der Waals surface area contributed by atoms with E-state index >= 15 is 0 Å². The van der Waals surface area contributed by atoms with Crippen LogP contribution >= 0.6 is 0 Å². The molecule has 0 radical (unpaired) electrons. The smallest absolute Gasteiger partial charge is 0.255 e. The number of carbonyl (C=O) groups excluding carboxylic acids is 1. The number of hydrogen-bond donors (Lipinski definition) is 1. The Labute approximate surface area is 155 Å². The molecule has 2 rings (SSSR count). The molecule has 0 aromatic heterocycles. The summed E-state index contributed by atoms with van der Waals surface area (Å²) in [5.41, 5.74) is 2.52. The third kappa shape index (κ3) is 5.77. The molecule has 0 unspecified atom stereocenters. The molecular weight excluding hydrogens is 328 g/mol. The molecule has 26 heavy (non-hydrogen) atoms. The summed E-state index contributed by atoms with van der Waals surface area (Å²) in [4.78, 5) is 14.7. The van der Waals surface area contributed by atoms with E-state index in [1.54, 1.807) is 7.11 Å². The zero-order valence-electron chi connectivity index (χ0n) is 15.8. The second-order valence-electron chi connectivity index (χ2n) is 5.95. The molecule has 0 aliphatic heterocycles. The average Bonchev–Trinajstić information content (AvgIpc) is 2.68. The van der Waals surface area contributed by atoms with Crippen molar-refractivity contribution in [3.05, 3.63) is 54.1 Å². The van der Waals surface area contributed by atoms with Crippen LogP contribution in [-0.4, -0.2) is 39.3 Å². The van der Waals surface area contributed by atoms with Crippen LogP contribution in [0.4, 0.5) is 11.4 Å². The van der Waals surface area contributed by atoms with E-state index in [-0.39, 0.29) is 5.91 Å². The maximum atomic E-state index is 12.4. The Morgan fingerprint density at radius 2 is 1.69 bits per heavy atom. The van der Waals surface area contributed by atoms with Gasteiger partial charge in [-0.2, -0.15) is 0 Å². The minimum Gasteiger partial charge on any atom is -0.491 e. The van der Waals surface area contributed by atoms with Crippen LogP contribution in [0.5, 0.6) is 5.75 Å². The summed E-state index contributed by atoms with van der Waals surface area (Å²) in [5.74, 6) is 0.628. The Morgan fingerprint density at radius 1 is 1.00 bits per heavy atom. The van der Waals surface area contributed by atoms with Crippen molar-refractivity contribution >= 4 is 17.3 Å². The van der Waals surface area contributed by atoms with E-state index in [0.29, 0.717) is 18.8 Å². The van der Waals surface area contributed by atoms with Gasteiger partial charge in [-0.05, 0) is 61.9 Å². The third-order valence-electron chi connectivity index (χ3n) is 4.04. The van der Waals surface area contributed by atoms with Gasteiger partial charge in [-0.1, -0.05) is 6.92 Å². The molecule has 0 fully saturated rings. The van der Waals surface area contributed by atoms with Crippen LogP contribution in [0.2, 0.25) is 0 Å². The highest BCUT2D eigenvalue weighted by molar-refractivity contribution is 6.04. The average molecular weight is 356 g/mol. The van der Waals surface area contributed by atoms with E-state index in [4.69, 9.17) is 9.47 Å². The van der Waals surface area contributed by atoms with Crippen molar-refractivity contribution in [3.8, 4) is 5.75 Å². The molecule has 0 spiro atoms. The summed E-state index contributed by atoms with van der Waals surface area (Å²) >= 11 is 0. The van der Waals surface area contributed by atoms with Crippen molar-refractivity contribution in [2.24, 2.45) is 0 Å². The maximum absolute atomic E-state index is 12.4. The summed E-state index contributed by atoms with van der Waals surface area (Å²) in [5, 5.41) is 2.91. The highest BCUT2D eigenvalue weighted by Crippen LogP contribution is 2.18. The molecule has 2 aromatic carbocycles. The van der Waals surface area contributed by atoms with Gasteiger partial charge in [-0.15, -0.1) is 0 Å². The number of anilines is 2. The first-order valence-corrected chi connectivity index (χ1v) is 9.06. The number of hydrogen-bond acceptors (Lipinski definition) is 4. The lowest BCUT2D eigenvalue weighted by atomic mass is 10.1. The van der Waals surface area contributed by atoms with Crippen molar-refractivity contribution in [1.82, 2.24) is 0 Å². The summed E-state index contributed by atoms with van der Waals surface area (Å²) in [6, 6.07) is 15.1. The number of ether oxygens (including phenoxy) is 2. The Kier molecular flexibility index (Phi) is 7.96. The minimum absolute atomic E-state index is 0.122. The molecule has 1 N–H and O–H groups in total. The van der Waals surface area contributed by atoms with Crippen molar-refractivity contribution in [3.63, 3.8) is 0 Å². The predicted octanol–water partition coefficient (Wildman–Crippen LogP) is 4.20. The highest BCUT2D eigenvalue weighted by Gasteiger charge is 2.08. The van der Waals surface area contributed by atoms with Gasteiger partial charge in [0.05, 0.1) is 6.61 Å². The van der Waals surface area contributed by atoms with Gasteiger partial charge >= 0.3 is 0 Å². The van der Waals surface area contributed by atoms with Gasteiger partial charge in [0.25, 0.3) is 5.91 Å². The second kappa shape index (κ2) is 10.5. The molecule has 0 atom stereocenters. The first kappa shape index (κ1) is 19.8. The molecule has 0 bridgehead atoms. The van der Waals surface area contributed by atoms with Gasteiger partial charge in [0, 0.05) is 37.1 Å². The minimum atomic E-state index is -0.122. The normalized spacial score (nSPS) is 10.4. The van der Waals surface area contributed by atoms with E-state index in [0.717, 1.165) is 36.6 Å². The van der Waals surface area contributed by atoms with Gasteiger partial charge in [-0.25, -0.2) is 0 Å². The first-order valence-electron chi connectivity index (χ1n) is 9.06. The second-order valence-corrected chi connectivity index (χ2v) is 5.95. The monoisotopic (exact) mass is 356 g/mol. The summed E-state index contributed by atoms with van der Waals surface area (Å²) < 4.78 is 10.5. The van der Waals surface area contributed by atoms with Gasteiger partial charge in [-0.3, -0.25) is 4.79 Å². The molecule has 0 heterocycles. The SMILES string of the molecule is CCCN(CC)c1ccc(C(=O)Nc2ccc(OCCOC)cc2)cc1. The number of carbonyl (C=O) groups is 1. The molecule has 5 heteroatoms.